The lowest BCUT2D eigenvalue weighted by molar-refractivity contribution is 0.0952. The van der Waals surface area contributed by atoms with E-state index in [1.807, 2.05) is 0 Å². The largest absolute Gasteiger partial charge is 0.351 e. The molecule has 0 saturated heterocycles. The van der Waals surface area contributed by atoms with Gasteiger partial charge in [-0.1, -0.05) is 36.7 Å². The molecule has 0 bridgehead atoms. The first-order valence-corrected chi connectivity index (χ1v) is 7.19. The highest BCUT2D eigenvalue weighted by Crippen LogP contribution is 2.24. The molecule has 0 aliphatic heterocycles. The molecule has 19 heavy (non-hydrogen) atoms. The quantitative estimate of drug-likeness (QED) is 0.862. The first-order chi connectivity index (χ1) is 8.69. The number of hydrogen-bond acceptors (Lipinski definition) is 2. The van der Waals surface area contributed by atoms with Crippen molar-refractivity contribution in [3.8, 4) is 0 Å². The minimum atomic E-state index is -0.212. The number of nitrogens with zero attached hydrogens (tertiary/aromatic N) is 1. The number of aryl methyl sites for hydroxylation is 1. The van der Waals surface area contributed by atoms with Gasteiger partial charge in [0.25, 0.3) is 11.5 Å². The summed E-state index contributed by atoms with van der Waals surface area (Å²) in [5, 5.41) is 2.83. The van der Waals surface area contributed by atoms with Gasteiger partial charge in [-0.05, 0) is 17.9 Å². The maximum atomic E-state index is 11.9. The van der Waals surface area contributed by atoms with Gasteiger partial charge in [0.1, 0.15) is 0 Å². The number of carbonyl (C=O) groups is 1. The summed E-state index contributed by atoms with van der Waals surface area (Å²) in [5.41, 5.74) is 0.429. The van der Waals surface area contributed by atoms with Crippen LogP contribution in [-0.4, -0.2) is 21.8 Å². The summed E-state index contributed by atoms with van der Waals surface area (Å²) in [6.45, 7) is 7.02. The molecule has 5 heteroatoms. The lowest BCUT2D eigenvalue weighted by Crippen LogP contribution is -2.32. The Kier molecular flexibility index (Phi) is 5.35. The Morgan fingerprint density at radius 1 is 1.47 bits per heavy atom. The monoisotopic (exact) mass is 328 g/mol. The van der Waals surface area contributed by atoms with E-state index in [4.69, 9.17) is 0 Å². The summed E-state index contributed by atoms with van der Waals surface area (Å²) in [5.74, 6) is -0.212. The van der Waals surface area contributed by atoms with Gasteiger partial charge in [0.05, 0.1) is 0 Å². The van der Waals surface area contributed by atoms with Crippen molar-refractivity contribution in [1.82, 2.24) is 9.88 Å². The molecule has 4 nitrogen and oxygen atoms in total. The van der Waals surface area contributed by atoms with Crippen LogP contribution in [0.25, 0.3) is 0 Å². The van der Waals surface area contributed by atoms with Gasteiger partial charge in [0.15, 0.2) is 0 Å². The number of alkyl halides is 1. The van der Waals surface area contributed by atoms with E-state index in [1.54, 1.807) is 19.3 Å². The minimum Gasteiger partial charge on any atom is -0.351 e. The van der Waals surface area contributed by atoms with Crippen LogP contribution in [-0.2, 0) is 7.05 Å². The zero-order valence-electron chi connectivity index (χ0n) is 11.9. The van der Waals surface area contributed by atoms with Crippen LogP contribution >= 0.6 is 15.9 Å². The third kappa shape index (κ3) is 5.59. The molecule has 0 saturated carbocycles. The lowest BCUT2D eigenvalue weighted by Gasteiger charge is -2.22. The standard InChI is InChI=1S/C14H21BrN2O2/c1-14(2,3)8-11(15)9-16-13(19)10-5-6-17(4)12(18)7-10/h5-7,11H,8-9H2,1-4H3,(H,16,19). The first-order valence-electron chi connectivity index (χ1n) is 6.28. The SMILES string of the molecule is Cn1ccc(C(=O)NCC(Br)CC(C)(C)C)cc1=O. The van der Waals surface area contributed by atoms with Crippen LogP contribution in [0, 0.1) is 5.41 Å². The Hall–Kier alpha value is -1.10. The van der Waals surface area contributed by atoms with Gasteiger partial charge in [0, 0.05) is 36.2 Å². The third-order valence-electron chi connectivity index (χ3n) is 2.68. The second kappa shape index (κ2) is 6.37. The molecule has 1 unspecified atom stereocenters. The van der Waals surface area contributed by atoms with Crippen molar-refractivity contribution in [2.45, 2.75) is 32.0 Å². The van der Waals surface area contributed by atoms with Crippen LogP contribution in [0.5, 0.6) is 0 Å². The molecular weight excluding hydrogens is 308 g/mol. The number of amides is 1. The van der Waals surface area contributed by atoms with Crippen molar-refractivity contribution in [3.63, 3.8) is 0 Å². The molecule has 1 aromatic heterocycles. The smallest absolute Gasteiger partial charge is 0.251 e. The molecule has 0 aromatic carbocycles. The Labute approximate surface area is 122 Å². The van der Waals surface area contributed by atoms with Gasteiger partial charge in [-0.25, -0.2) is 0 Å². The van der Waals surface area contributed by atoms with E-state index >= 15 is 0 Å². The van der Waals surface area contributed by atoms with Crippen LogP contribution in [0.1, 0.15) is 37.6 Å². The molecule has 1 rings (SSSR count). The second-order valence-electron chi connectivity index (χ2n) is 5.94. The molecule has 0 radical (unpaired) electrons. The average Bonchev–Trinajstić information content (AvgIpc) is 2.27. The van der Waals surface area contributed by atoms with Gasteiger partial charge >= 0.3 is 0 Å². The van der Waals surface area contributed by atoms with Crippen molar-refractivity contribution in [1.29, 1.82) is 0 Å². The van der Waals surface area contributed by atoms with Crippen molar-refractivity contribution in [2.24, 2.45) is 12.5 Å². The van der Waals surface area contributed by atoms with Gasteiger partial charge in [-0.2, -0.15) is 0 Å². The second-order valence-corrected chi connectivity index (χ2v) is 7.23. The predicted molar refractivity (Wildman–Crippen MR) is 80.8 cm³/mol. The summed E-state index contributed by atoms with van der Waals surface area (Å²) >= 11 is 3.56. The predicted octanol–water partition coefficient (Wildman–Crippen LogP) is 2.31. The Morgan fingerprint density at radius 2 is 2.11 bits per heavy atom. The summed E-state index contributed by atoms with van der Waals surface area (Å²) in [7, 11) is 1.65. The molecule has 1 N–H and O–H groups in total. The van der Waals surface area contributed by atoms with E-state index in [2.05, 4.69) is 42.0 Å². The molecule has 106 valence electrons. The maximum absolute atomic E-state index is 11.9. The van der Waals surface area contributed by atoms with E-state index in [0.717, 1.165) is 6.42 Å². The molecule has 1 heterocycles. The molecule has 1 aromatic rings. The van der Waals surface area contributed by atoms with E-state index in [1.165, 1.54) is 10.6 Å². The fraction of sp³-hybridized carbons (Fsp3) is 0.571. The molecule has 1 atom stereocenters. The maximum Gasteiger partial charge on any atom is 0.251 e. The highest BCUT2D eigenvalue weighted by atomic mass is 79.9. The molecule has 0 fully saturated rings. The topological polar surface area (TPSA) is 51.1 Å². The number of pyridine rings is 1. The van der Waals surface area contributed by atoms with Gasteiger partial charge in [-0.15, -0.1) is 0 Å². The van der Waals surface area contributed by atoms with E-state index in [0.29, 0.717) is 12.1 Å². The number of rotatable bonds is 4. The van der Waals surface area contributed by atoms with Gasteiger partial charge in [-0.3, -0.25) is 9.59 Å². The molecule has 0 aliphatic rings. The highest BCUT2D eigenvalue weighted by molar-refractivity contribution is 9.09. The average molecular weight is 329 g/mol. The number of halogens is 1. The number of aromatic nitrogens is 1. The normalized spacial score (nSPS) is 13.1. The van der Waals surface area contributed by atoms with Crippen LogP contribution in [0.2, 0.25) is 0 Å². The van der Waals surface area contributed by atoms with Crippen LogP contribution in [0.15, 0.2) is 23.1 Å². The summed E-state index contributed by atoms with van der Waals surface area (Å²) in [6, 6.07) is 2.99. The molecular formula is C14H21BrN2O2. The fourth-order valence-corrected chi connectivity index (χ4v) is 2.86. The van der Waals surface area contributed by atoms with Crippen molar-refractivity contribution in [2.75, 3.05) is 6.54 Å². The van der Waals surface area contributed by atoms with Crippen LogP contribution < -0.4 is 10.9 Å². The Bertz CT molecular complexity index is 503. The first kappa shape index (κ1) is 16.0. The van der Waals surface area contributed by atoms with E-state index in [-0.39, 0.29) is 21.7 Å². The number of hydrogen-bond donors (Lipinski definition) is 1. The number of carbonyl (C=O) groups excluding carboxylic acids is 1. The van der Waals surface area contributed by atoms with Gasteiger partial charge < -0.3 is 9.88 Å². The van der Waals surface area contributed by atoms with E-state index in [9.17, 15) is 9.59 Å². The van der Waals surface area contributed by atoms with Crippen LogP contribution in [0.3, 0.4) is 0 Å². The zero-order chi connectivity index (χ0) is 14.6. The number of nitrogens with one attached hydrogen (secondary N) is 1. The third-order valence-corrected chi connectivity index (χ3v) is 3.33. The van der Waals surface area contributed by atoms with E-state index < -0.39 is 0 Å². The fourth-order valence-electron chi connectivity index (χ4n) is 1.73. The molecule has 0 aliphatic carbocycles. The van der Waals surface area contributed by atoms with Crippen LogP contribution in [0.4, 0.5) is 0 Å². The van der Waals surface area contributed by atoms with Gasteiger partial charge in [0.2, 0.25) is 0 Å². The highest BCUT2D eigenvalue weighted by Gasteiger charge is 2.17. The lowest BCUT2D eigenvalue weighted by atomic mass is 9.90. The summed E-state index contributed by atoms with van der Waals surface area (Å²) in [4.78, 5) is 23.6. The zero-order valence-corrected chi connectivity index (χ0v) is 13.5. The molecule has 0 spiro atoms. The Morgan fingerprint density at radius 3 is 2.63 bits per heavy atom. The van der Waals surface area contributed by atoms with Crippen molar-refractivity contribution < 1.29 is 4.79 Å². The van der Waals surface area contributed by atoms with Crippen molar-refractivity contribution in [3.05, 3.63) is 34.2 Å². The summed E-state index contributed by atoms with van der Waals surface area (Å²) in [6.07, 6.45) is 2.56. The summed E-state index contributed by atoms with van der Waals surface area (Å²) < 4.78 is 1.43. The van der Waals surface area contributed by atoms with Crippen molar-refractivity contribution >= 4 is 21.8 Å². The Balaban J connectivity index is 2.56. The molecule has 1 amide bonds. The minimum absolute atomic E-state index is 0.183.